The third kappa shape index (κ3) is 4.58. The van der Waals surface area contributed by atoms with E-state index in [2.05, 4.69) is 69.3 Å². The number of halogens is 2. The summed E-state index contributed by atoms with van der Waals surface area (Å²) in [5.41, 5.74) is 8.11. The maximum absolute atomic E-state index is 2.60. The molecule has 1 aromatic carbocycles. The van der Waals surface area contributed by atoms with Gasteiger partial charge in [-0.3, -0.25) is 0 Å². The standard InChI is InChI=1S/C9H11.C8H8.C7H9.2ClH.Zr/c1-2-5-9-7-3-6-8(9)4-1;1-2-8-6-4-3-5-7-8;1-6-4-3-5-7(6)2;;;/h3,6-7H,1-2,4-5H2;3-7H,1H3;4H,5H2,1-2H3;2*1H;/q;;;;;+2/p-2. The van der Waals surface area contributed by atoms with Crippen LogP contribution >= 0.6 is 0 Å². The third-order valence-corrected chi connectivity index (χ3v) is 14.3. The van der Waals surface area contributed by atoms with Crippen LogP contribution in [0.1, 0.15) is 58.4 Å². The molecule has 4 rings (SSSR count). The Morgan fingerprint density at radius 1 is 1.00 bits per heavy atom. The summed E-state index contributed by atoms with van der Waals surface area (Å²) in [6, 6.07) is 11.2. The normalized spacial score (nSPS) is 21.4. The van der Waals surface area contributed by atoms with Crippen molar-refractivity contribution >= 4 is 3.21 Å². The van der Waals surface area contributed by atoms with Gasteiger partial charge in [-0.05, 0) is 0 Å². The van der Waals surface area contributed by atoms with Crippen molar-refractivity contribution in [2.45, 2.75) is 56.5 Å². The van der Waals surface area contributed by atoms with Gasteiger partial charge in [-0.2, -0.15) is 0 Å². The zero-order chi connectivity index (χ0) is 17.4. The molecule has 0 amide bonds. The molecule has 0 heterocycles. The molecule has 0 radical (unpaired) electrons. The Bertz CT molecular complexity index is 854. The molecule has 1 unspecified atom stereocenters. The topological polar surface area (TPSA) is 0 Å². The van der Waals surface area contributed by atoms with E-state index in [-0.39, 0.29) is 24.8 Å². The van der Waals surface area contributed by atoms with Crippen LogP contribution in [0.3, 0.4) is 0 Å². The first-order valence-electron chi connectivity index (χ1n) is 9.68. The van der Waals surface area contributed by atoms with Gasteiger partial charge in [-0.15, -0.1) is 0 Å². The molecule has 0 fully saturated rings. The Hall–Kier alpha value is -0.487. The zero-order valence-corrected chi connectivity index (χ0v) is 20.5. The van der Waals surface area contributed by atoms with E-state index in [1.807, 2.05) is 8.85 Å². The molecule has 0 saturated carbocycles. The molecule has 3 aliphatic carbocycles. The summed E-state index contributed by atoms with van der Waals surface area (Å²) in [6.45, 7) is 7.08. The van der Waals surface area contributed by atoms with Crippen LogP contribution in [0.5, 0.6) is 0 Å². The van der Waals surface area contributed by atoms with Gasteiger partial charge in [-0.1, -0.05) is 0 Å². The summed E-state index contributed by atoms with van der Waals surface area (Å²) in [5.74, 6) is 0. The van der Waals surface area contributed by atoms with Crippen LogP contribution in [0.25, 0.3) is 0 Å². The van der Waals surface area contributed by atoms with E-state index in [1.54, 1.807) is 14.4 Å². The second kappa shape index (κ2) is 9.82. The van der Waals surface area contributed by atoms with Crippen LogP contribution < -0.4 is 24.8 Å². The van der Waals surface area contributed by atoms with Crippen molar-refractivity contribution in [1.29, 1.82) is 0 Å². The monoisotopic (exact) mass is 476 g/mol. The van der Waals surface area contributed by atoms with Gasteiger partial charge < -0.3 is 24.8 Å². The minimum Gasteiger partial charge on any atom is -1.00 e. The zero-order valence-electron chi connectivity index (χ0n) is 16.5. The predicted octanol–water partition coefficient (Wildman–Crippen LogP) is 0.706. The molecule has 0 saturated heterocycles. The van der Waals surface area contributed by atoms with Crippen molar-refractivity contribution < 1.29 is 46.1 Å². The van der Waals surface area contributed by atoms with E-state index < -0.39 is 21.3 Å². The fourth-order valence-electron chi connectivity index (χ4n) is 4.65. The van der Waals surface area contributed by atoms with Crippen LogP contribution in [0.4, 0.5) is 0 Å². The van der Waals surface area contributed by atoms with Crippen molar-refractivity contribution in [1.82, 2.24) is 0 Å². The van der Waals surface area contributed by atoms with E-state index in [4.69, 9.17) is 0 Å². The second-order valence-corrected chi connectivity index (χ2v) is 14.8. The number of allylic oxidation sites excluding steroid dienone is 8. The molecule has 142 valence electrons. The van der Waals surface area contributed by atoms with Crippen molar-refractivity contribution in [3.8, 4) is 0 Å². The Balaban J connectivity index is 0.00000131. The molecule has 0 spiro atoms. The molecule has 3 aliphatic rings. The van der Waals surface area contributed by atoms with Crippen LogP contribution in [0.15, 0.2) is 74.1 Å². The summed E-state index contributed by atoms with van der Waals surface area (Å²) >= 11 is -1.97. The van der Waals surface area contributed by atoms with E-state index >= 15 is 0 Å². The molecule has 1 aromatic rings. The Morgan fingerprint density at radius 2 is 1.70 bits per heavy atom. The number of rotatable bonds is 3. The first-order chi connectivity index (χ1) is 12.1. The molecule has 1 atom stereocenters. The summed E-state index contributed by atoms with van der Waals surface area (Å²) < 4.78 is 4.31. The summed E-state index contributed by atoms with van der Waals surface area (Å²) in [4.78, 5) is 0. The van der Waals surface area contributed by atoms with Crippen LogP contribution in [-0.2, 0) is 21.3 Å². The van der Waals surface area contributed by atoms with Crippen LogP contribution in [-0.4, -0.2) is 3.21 Å². The predicted molar refractivity (Wildman–Crippen MR) is 106 cm³/mol. The van der Waals surface area contributed by atoms with Gasteiger partial charge >= 0.3 is 161 Å². The number of hydrogen-bond acceptors (Lipinski definition) is 0. The maximum Gasteiger partial charge on any atom is -1.00 e. The Morgan fingerprint density at radius 3 is 2.37 bits per heavy atom. The Labute approximate surface area is 184 Å². The van der Waals surface area contributed by atoms with E-state index in [0.717, 1.165) is 3.63 Å². The van der Waals surface area contributed by atoms with E-state index in [9.17, 15) is 0 Å². The minimum absolute atomic E-state index is 0. The minimum atomic E-state index is -1.97. The van der Waals surface area contributed by atoms with E-state index in [1.165, 1.54) is 43.2 Å². The molecule has 0 aliphatic heterocycles. The van der Waals surface area contributed by atoms with Crippen molar-refractivity contribution in [3.63, 3.8) is 0 Å². The smallest absolute Gasteiger partial charge is 1.00 e. The number of hydrogen-bond donors (Lipinski definition) is 0. The Kier molecular flexibility index (Phi) is 8.29. The maximum atomic E-state index is 2.60. The quantitative estimate of drug-likeness (QED) is 0.601. The molecule has 0 nitrogen and oxygen atoms in total. The van der Waals surface area contributed by atoms with Gasteiger partial charge in [0.1, 0.15) is 0 Å². The van der Waals surface area contributed by atoms with Crippen molar-refractivity contribution in [3.05, 3.63) is 79.7 Å². The first-order valence-corrected chi connectivity index (χ1v) is 13.6. The molecule has 0 bridgehead atoms. The van der Waals surface area contributed by atoms with Crippen molar-refractivity contribution in [2.24, 2.45) is 0 Å². The average molecular weight is 479 g/mol. The van der Waals surface area contributed by atoms with Gasteiger partial charge in [0.2, 0.25) is 0 Å². The third-order valence-electron chi connectivity index (χ3n) is 6.21. The molecule has 27 heavy (non-hydrogen) atoms. The van der Waals surface area contributed by atoms with Crippen LogP contribution in [0, 0.1) is 0 Å². The molecular formula is C24H28Cl2Zr. The average Bonchev–Trinajstić information content (AvgIpc) is 3.20. The fourth-order valence-corrected chi connectivity index (χ4v) is 13.5. The molecule has 3 heteroatoms. The molecular weight excluding hydrogens is 450 g/mol. The summed E-state index contributed by atoms with van der Waals surface area (Å²) in [6.07, 6.45) is 14.3. The van der Waals surface area contributed by atoms with Gasteiger partial charge in [0, 0.05) is 0 Å². The molecule has 0 N–H and O–H groups in total. The van der Waals surface area contributed by atoms with Gasteiger partial charge in [0.05, 0.1) is 0 Å². The van der Waals surface area contributed by atoms with Gasteiger partial charge in [-0.25, -0.2) is 0 Å². The van der Waals surface area contributed by atoms with Crippen LogP contribution in [0.2, 0.25) is 3.63 Å². The van der Waals surface area contributed by atoms with Gasteiger partial charge in [0.25, 0.3) is 0 Å². The van der Waals surface area contributed by atoms with Crippen molar-refractivity contribution in [2.75, 3.05) is 0 Å². The fraction of sp³-hybridized carbons (Fsp3) is 0.375. The molecule has 0 aromatic heterocycles. The first kappa shape index (κ1) is 22.8. The van der Waals surface area contributed by atoms with E-state index in [0.29, 0.717) is 0 Å². The van der Waals surface area contributed by atoms with Gasteiger partial charge in [0.15, 0.2) is 0 Å². The second-order valence-electron chi connectivity index (χ2n) is 7.81. The summed E-state index contributed by atoms with van der Waals surface area (Å²) in [5, 5.41) is 0. The SMILES string of the molecule is CC1=C(C)C[C](/[Zr+2](=[C](/C)c2ccccc2)[CH]2C=CC3=C2CCCC3)=C1.[Cl-].[Cl-]. The summed E-state index contributed by atoms with van der Waals surface area (Å²) in [7, 11) is 0. The number of benzene rings is 1. The largest absolute Gasteiger partial charge is 1.00 e.